The highest BCUT2D eigenvalue weighted by Gasteiger charge is 2.19. The van der Waals surface area contributed by atoms with Crippen molar-refractivity contribution in [3.63, 3.8) is 0 Å². The molecule has 0 saturated carbocycles. The van der Waals surface area contributed by atoms with Crippen LogP contribution in [0.2, 0.25) is 0 Å². The van der Waals surface area contributed by atoms with Gasteiger partial charge in [-0.05, 0) is 13.8 Å². The fourth-order valence-corrected chi connectivity index (χ4v) is 2.61. The van der Waals surface area contributed by atoms with Gasteiger partial charge in [0.1, 0.15) is 11.0 Å². The van der Waals surface area contributed by atoms with Crippen LogP contribution in [0, 0.1) is 37.1 Å². The second-order valence-corrected chi connectivity index (χ2v) is 12.4. The number of aromatic hydroxyl groups is 1. The van der Waals surface area contributed by atoms with Gasteiger partial charge in [-0.3, -0.25) is 10.2 Å². The predicted molar refractivity (Wildman–Crippen MR) is 122 cm³/mol. The van der Waals surface area contributed by atoms with E-state index in [0.717, 1.165) is 0 Å². The maximum absolute atomic E-state index is 13.5. The van der Waals surface area contributed by atoms with Gasteiger partial charge in [0.2, 0.25) is 0 Å². The lowest BCUT2D eigenvalue weighted by Crippen LogP contribution is -1.96. The number of hydrogen-bond acceptors (Lipinski definition) is 4. The summed E-state index contributed by atoms with van der Waals surface area (Å²) in [6, 6.07) is 0. The standard InChI is InChI=1S/C9H8F2N2O.C8H6F2N2O.BBr3/c1-4-6(10)8-5(3-12-13-8)9(14-2)7(4)11;1-3-5(9)7-4(2-11-12-7)8(13)6(3)10;2-1(3)4/h3H,1-2H3,(H,12,13);2,13H,1H3,(H,11,12);. The Bertz CT molecular complexity index is 1170. The summed E-state index contributed by atoms with van der Waals surface area (Å²) in [6.07, 6.45) is 2.51. The van der Waals surface area contributed by atoms with Crippen LogP contribution in [0.25, 0.3) is 21.8 Å². The molecule has 0 radical (unpaired) electrons. The van der Waals surface area contributed by atoms with E-state index in [-0.39, 0.29) is 36.5 Å². The molecule has 6 nitrogen and oxygen atoms in total. The minimum atomic E-state index is -0.939. The molecule has 0 aliphatic heterocycles. The number of rotatable bonds is 1. The summed E-state index contributed by atoms with van der Waals surface area (Å²) in [4.78, 5) is 0. The van der Waals surface area contributed by atoms with Crippen LogP contribution in [-0.4, -0.2) is 35.8 Å². The van der Waals surface area contributed by atoms with Crippen molar-refractivity contribution in [2.24, 2.45) is 0 Å². The minimum Gasteiger partial charge on any atom is -0.504 e. The topological polar surface area (TPSA) is 86.8 Å². The normalized spacial score (nSPS) is 10.4. The molecule has 3 N–H and O–H groups in total. The van der Waals surface area contributed by atoms with Crippen LogP contribution in [0.15, 0.2) is 12.4 Å². The van der Waals surface area contributed by atoms with Gasteiger partial charge in [0.05, 0.1) is 30.3 Å². The van der Waals surface area contributed by atoms with Gasteiger partial charge in [-0.2, -0.15) is 10.2 Å². The Hall–Kier alpha value is -1.80. The van der Waals surface area contributed by atoms with Gasteiger partial charge in [0.15, 0.2) is 34.8 Å². The van der Waals surface area contributed by atoms with Gasteiger partial charge in [-0.25, -0.2) is 17.6 Å². The Balaban J connectivity index is 0.000000189. The lowest BCUT2D eigenvalue weighted by atomic mass is 10.1. The third-order valence-corrected chi connectivity index (χ3v) is 4.15. The number of hydrogen-bond donors (Lipinski definition) is 3. The van der Waals surface area contributed by atoms with Crippen molar-refractivity contribution in [1.29, 1.82) is 0 Å². The van der Waals surface area contributed by atoms with Crippen LogP contribution < -0.4 is 4.74 Å². The number of benzene rings is 2. The summed E-state index contributed by atoms with van der Waals surface area (Å²) in [6.45, 7) is 2.61. The van der Waals surface area contributed by atoms with Crippen molar-refractivity contribution in [2.45, 2.75) is 13.8 Å². The number of nitrogens with zero attached hydrogens (tertiary/aromatic N) is 2. The molecule has 14 heteroatoms. The molecule has 0 aliphatic rings. The predicted octanol–water partition coefficient (Wildman–Crippen LogP) is 6.17. The first-order valence-electron chi connectivity index (χ1n) is 8.29. The quantitative estimate of drug-likeness (QED) is 0.173. The van der Waals surface area contributed by atoms with E-state index in [1.165, 1.54) is 33.4 Å². The summed E-state index contributed by atoms with van der Waals surface area (Å²) < 4.78 is 58.3. The zero-order chi connectivity index (χ0) is 23.5. The Morgan fingerprint density at radius 1 is 0.839 bits per heavy atom. The number of methoxy groups -OCH3 is 1. The van der Waals surface area contributed by atoms with Crippen molar-refractivity contribution in [3.05, 3.63) is 46.8 Å². The summed E-state index contributed by atoms with van der Waals surface area (Å²) in [5.74, 6) is -3.51. The zero-order valence-corrected chi connectivity index (χ0v) is 20.9. The van der Waals surface area contributed by atoms with E-state index in [9.17, 15) is 22.7 Å². The molecular weight excluding hydrogens is 619 g/mol. The molecule has 0 fully saturated rings. The number of fused-ring (bicyclic) bond motifs is 2. The molecule has 4 aromatic rings. The van der Waals surface area contributed by atoms with Gasteiger partial charge in [-0.1, -0.05) is 0 Å². The van der Waals surface area contributed by atoms with Gasteiger partial charge in [-0.15, -0.1) is 47.3 Å². The molecule has 2 aromatic heterocycles. The average molecular weight is 633 g/mol. The van der Waals surface area contributed by atoms with E-state index in [1.807, 2.05) is 0 Å². The highest BCUT2D eigenvalue weighted by molar-refractivity contribution is 9.69. The lowest BCUT2D eigenvalue weighted by Gasteiger charge is -2.06. The summed E-state index contributed by atoms with van der Waals surface area (Å²) >= 11 is 9.31. The highest BCUT2D eigenvalue weighted by Crippen LogP contribution is 2.32. The lowest BCUT2D eigenvalue weighted by molar-refractivity contribution is 0.388. The number of ether oxygens (including phenoxy) is 1. The van der Waals surface area contributed by atoms with E-state index < -0.39 is 29.0 Å². The van der Waals surface area contributed by atoms with E-state index in [4.69, 9.17) is 4.74 Å². The first kappa shape index (κ1) is 25.5. The second-order valence-electron chi connectivity index (χ2n) is 5.95. The minimum absolute atomic E-state index is 0.0210. The molecule has 2 heterocycles. The smallest absolute Gasteiger partial charge is 0.369 e. The fourth-order valence-electron chi connectivity index (χ4n) is 2.61. The third-order valence-electron chi connectivity index (χ3n) is 4.15. The molecule has 31 heavy (non-hydrogen) atoms. The Kier molecular flexibility index (Phi) is 8.78. The summed E-state index contributed by atoms with van der Waals surface area (Å²) in [7, 11) is 1.34. The van der Waals surface area contributed by atoms with E-state index >= 15 is 0 Å². The van der Waals surface area contributed by atoms with Crippen LogP contribution >= 0.6 is 47.3 Å². The largest absolute Gasteiger partial charge is 0.504 e. The average Bonchev–Trinajstić information content (AvgIpc) is 3.39. The number of halogens is 7. The first-order chi connectivity index (χ1) is 14.5. The molecule has 0 bridgehead atoms. The molecule has 0 aliphatic carbocycles. The van der Waals surface area contributed by atoms with E-state index in [2.05, 4.69) is 67.7 Å². The van der Waals surface area contributed by atoms with Crippen LogP contribution in [0.3, 0.4) is 0 Å². The van der Waals surface area contributed by atoms with Crippen LogP contribution in [-0.2, 0) is 0 Å². The van der Waals surface area contributed by atoms with Gasteiger partial charge < -0.3 is 9.84 Å². The van der Waals surface area contributed by atoms with Crippen molar-refractivity contribution >= 4 is 72.3 Å². The van der Waals surface area contributed by atoms with Gasteiger partial charge in [0.25, 0.3) is 0 Å². The summed E-state index contributed by atoms with van der Waals surface area (Å²) in [5.41, 5.74) is -0.0926. The third kappa shape index (κ3) is 5.34. The SMILES string of the molecule is BrB(Br)Br.COc1c(F)c(C)c(F)c2[nH]ncc12.Cc1c(F)c(O)c2cn[nH]c2c1F. The number of aromatic amines is 2. The molecule has 0 unspecified atom stereocenters. The van der Waals surface area contributed by atoms with E-state index in [1.54, 1.807) is 0 Å². The molecule has 4 rings (SSSR count). The second kappa shape index (κ2) is 10.7. The monoisotopic (exact) mass is 630 g/mol. The Morgan fingerprint density at radius 3 is 1.74 bits per heavy atom. The molecule has 166 valence electrons. The molecule has 2 aromatic carbocycles. The number of phenolic OH excluding ortho intramolecular Hbond substituents is 1. The van der Waals surface area contributed by atoms with Crippen molar-refractivity contribution in [2.75, 3.05) is 7.11 Å². The molecule has 0 spiro atoms. The zero-order valence-electron chi connectivity index (χ0n) is 16.1. The van der Waals surface area contributed by atoms with Crippen molar-refractivity contribution in [3.8, 4) is 11.5 Å². The fraction of sp³-hybridized carbons (Fsp3) is 0.176. The maximum Gasteiger partial charge on any atom is 0.369 e. The van der Waals surface area contributed by atoms with Crippen molar-refractivity contribution in [1.82, 2.24) is 20.4 Å². The van der Waals surface area contributed by atoms with Gasteiger partial charge >= 0.3 is 3.18 Å². The Morgan fingerprint density at radius 2 is 1.26 bits per heavy atom. The van der Waals surface area contributed by atoms with Crippen LogP contribution in [0.5, 0.6) is 11.5 Å². The van der Waals surface area contributed by atoms with E-state index in [0.29, 0.717) is 5.39 Å². The summed E-state index contributed by atoms with van der Waals surface area (Å²) in [5, 5.41) is 21.6. The molecular formula is C17H14BBr3F4N4O2. The Labute approximate surface area is 198 Å². The molecule has 0 amide bonds. The number of nitrogens with one attached hydrogen (secondary N) is 2. The number of aromatic nitrogens is 4. The highest BCUT2D eigenvalue weighted by atomic mass is 79.9. The molecule has 0 saturated heterocycles. The first-order valence-corrected chi connectivity index (χ1v) is 11.0. The van der Waals surface area contributed by atoms with Crippen molar-refractivity contribution < 1.29 is 27.4 Å². The van der Waals surface area contributed by atoms with Gasteiger partial charge in [0, 0.05) is 11.1 Å². The number of phenols is 1. The van der Waals surface area contributed by atoms with Crippen LogP contribution in [0.1, 0.15) is 11.1 Å². The maximum atomic E-state index is 13.5. The van der Waals surface area contributed by atoms with Crippen LogP contribution in [0.4, 0.5) is 17.6 Å². The number of H-pyrrole nitrogens is 2. The molecule has 0 atom stereocenters.